The van der Waals surface area contributed by atoms with E-state index in [4.69, 9.17) is 0 Å². The summed E-state index contributed by atoms with van der Waals surface area (Å²) in [5.74, 6) is 0.662. The molecule has 1 radical (unpaired) electrons. The van der Waals surface area contributed by atoms with Crippen molar-refractivity contribution < 1.29 is 4.79 Å². The van der Waals surface area contributed by atoms with E-state index in [1.54, 1.807) is 0 Å². The monoisotopic (exact) mass is 167 g/mol. The summed E-state index contributed by atoms with van der Waals surface area (Å²) in [6.07, 6.45) is 4.99. The van der Waals surface area contributed by atoms with E-state index in [-0.39, 0.29) is 11.9 Å². The summed E-state index contributed by atoms with van der Waals surface area (Å²) in [6.45, 7) is 1.55. The van der Waals surface area contributed by atoms with Gasteiger partial charge in [0.15, 0.2) is 0 Å². The number of nitrogens with one attached hydrogen (secondary N) is 1. The van der Waals surface area contributed by atoms with Crippen molar-refractivity contribution in [3.8, 4) is 0 Å². The lowest BCUT2D eigenvalue weighted by atomic mass is 9.96. The van der Waals surface area contributed by atoms with Gasteiger partial charge in [0.1, 0.15) is 0 Å². The Morgan fingerprint density at radius 3 is 2.75 bits per heavy atom. The van der Waals surface area contributed by atoms with Gasteiger partial charge in [0.05, 0.1) is 12.6 Å². The van der Waals surface area contributed by atoms with Crippen LogP contribution >= 0.6 is 0 Å². The zero-order valence-electron chi connectivity index (χ0n) is 7.25. The van der Waals surface area contributed by atoms with E-state index in [1.807, 2.05) is 0 Å². The number of nitrogens with zero attached hydrogens (tertiary/aromatic N) is 1. The number of rotatable bonds is 1. The lowest BCUT2D eigenvalue weighted by Crippen LogP contribution is -2.52. The van der Waals surface area contributed by atoms with E-state index in [1.165, 1.54) is 25.7 Å². The van der Waals surface area contributed by atoms with Gasteiger partial charge in [0, 0.05) is 6.54 Å². The van der Waals surface area contributed by atoms with Gasteiger partial charge < -0.3 is 5.32 Å². The second kappa shape index (κ2) is 3.44. The van der Waals surface area contributed by atoms with Gasteiger partial charge in [0.2, 0.25) is 0 Å². The van der Waals surface area contributed by atoms with Gasteiger partial charge >= 0.3 is 0 Å². The highest BCUT2D eigenvalue weighted by molar-refractivity contribution is 5.82. The fourth-order valence-electron chi connectivity index (χ4n) is 2.23. The first-order valence-corrected chi connectivity index (χ1v) is 4.82. The Hall–Kier alpha value is -0.570. The van der Waals surface area contributed by atoms with Crippen molar-refractivity contribution in [2.24, 2.45) is 5.92 Å². The van der Waals surface area contributed by atoms with Crippen molar-refractivity contribution in [1.29, 1.82) is 0 Å². The standard InChI is InChI=1S/C9H15N2O/c12-9-8(10-5-6-11-9)7-3-1-2-4-7/h7-8,10H,1-6H2. The molecule has 0 aromatic carbocycles. The van der Waals surface area contributed by atoms with Crippen molar-refractivity contribution in [2.75, 3.05) is 13.1 Å². The van der Waals surface area contributed by atoms with E-state index in [2.05, 4.69) is 10.6 Å². The molecule has 1 heterocycles. The normalized spacial score (nSPS) is 32.0. The predicted molar refractivity (Wildman–Crippen MR) is 45.8 cm³/mol. The minimum Gasteiger partial charge on any atom is -0.304 e. The lowest BCUT2D eigenvalue weighted by molar-refractivity contribution is -0.126. The zero-order valence-corrected chi connectivity index (χ0v) is 7.25. The van der Waals surface area contributed by atoms with Crippen LogP contribution in [0, 0.1) is 5.92 Å². The Morgan fingerprint density at radius 1 is 1.33 bits per heavy atom. The molecule has 3 heteroatoms. The SMILES string of the molecule is O=C1[N]CCNC1C1CCCC1. The number of carbonyl (C=O) groups is 1. The molecule has 0 aromatic rings. The van der Waals surface area contributed by atoms with E-state index < -0.39 is 0 Å². The zero-order chi connectivity index (χ0) is 8.39. The van der Waals surface area contributed by atoms with E-state index in [9.17, 15) is 4.79 Å². The molecule has 0 aromatic heterocycles. The van der Waals surface area contributed by atoms with Crippen LogP contribution in [-0.4, -0.2) is 25.0 Å². The smallest absolute Gasteiger partial charge is 0.258 e. The van der Waals surface area contributed by atoms with Crippen LogP contribution in [0.2, 0.25) is 0 Å². The van der Waals surface area contributed by atoms with Crippen molar-refractivity contribution in [2.45, 2.75) is 31.7 Å². The molecular formula is C9H15N2O. The molecule has 67 valence electrons. The average molecular weight is 167 g/mol. The number of carbonyl (C=O) groups excluding carboxylic acids is 1. The van der Waals surface area contributed by atoms with Crippen LogP contribution in [0.1, 0.15) is 25.7 Å². The summed E-state index contributed by atoms with van der Waals surface area (Å²) in [5, 5.41) is 7.22. The highest BCUT2D eigenvalue weighted by atomic mass is 16.2. The molecule has 1 aliphatic heterocycles. The third-order valence-corrected chi connectivity index (χ3v) is 2.88. The third-order valence-electron chi connectivity index (χ3n) is 2.88. The molecule has 1 atom stereocenters. The molecule has 3 nitrogen and oxygen atoms in total. The van der Waals surface area contributed by atoms with E-state index >= 15 is 0 Å². The summed E-state index contributed by atoms with van der Waals surface area (Å²) < 4.78 is 0. The number of hydrogen-bond acceptors (Lipinski definition) is 2. The molecule has 2 rings (SSSR count). The van der Waals surface area contributed by atoms with Gasteiger partial charge in [0.25, 0.3) is 5.91 Å². The largest absolute Gasteiger partial charge is 0.304 e. The van der Waals surface area contributed by atoms with Crippen LogP contribution in [0.3, 0.4) is 0 Å². The van der Waals surface area contributed by atoms with Crippen LogP contribution in [0.5, 0.6) is 0 Å². The van der Waals surface area contributed by atoms with Gasteiger partial charge in [-0.05, 0) is 18.8 Å². The van der Waals surface area contributed by atoms with Crippen molar-refractivity contribution in [3.63, 3.8) is 0 Å². The summed E-state index contributed by atoms with van der Waals surface area (Å²) in [7, 11) is 0. The Labute approximate surface area is 72.9 Å². The number of hydrogen-bond donors (Lipinski definition) is 1. The molecule has 1 amide bonds. The van der Waals surface area contributed by atoms with Gasteiger partial charge in [-0.1, -0.05) is 12.8 Å². The first-order chi connectivity index (χ1) is 5.88. The minimum atomic E-state index is 0.0567. The molecule has 12 heavy (non-hydrogen) atoms. The maximum absolute atomic E-state index is 11.4. The average Bonchev–Trinajstić information content (AvgIpc) is 2.57. The van der Waals surface area contributed by atoms with Gasteiger partial charge in [-0.3, -0.25) is 4.79 Å². The molecule has 1 saturated carbocycles. The molecule has 0 spiro atoms. The van der Waals surface area contributed by atoms with Crippen LogP contribution in [0.15, 0.2) is 0 Å². The summed E-state index contributed by atoms with van der Waals surface area (Å²) >= 11 is 0. The number of amides is 1. The molecule has 2 fully saturated rings. The Morgan fingerprint density at radius 2 is 2.08 bits per heavy atom. The fraction of sp³-hybridized carbons (Fsp3) is 0.889. The molecule has 2 aliphatic rings. The first kappa shape index (κ1) is 8.05. The highest BCUT2D eigenvalue weighted by Gasteiger charge is 2.32. The Balaban J connectivity index is 1.95. The summed E-state index contributed by atoms with van der Waals surface area (Å²) in [4.78, 5) is 11.4. The minimum absolute atomic E-state index is 0.0567. The maximum Gasteiger partial charge on any atom is 0.258 e. The van der Waals surface area contributed by atoms with Crippen LogP contribution in [0.4, 0.5) is 0 Å². The summed E-state index contributed by atoms with van der Waals surface area (Å²) in [6, 6.07) is 0.0567. The first-order valence-electron chi connectivity index (χ1n) is 4.82. The van der Waals surface area contributed by atoms with E-state index in [0.29, 0.717) is 12.5 Å². The quantitative estimate of drug-likeness (QED) is 0.609. The summed E-state index contributed by atoms with van der Waals surface area (Å²) in [5.41, 5.74) is 0. The molecule has 1 saturated heterocycles. The number of piperazine rings is 1. The topological polar surface area (TPSA) is 43.2 Å². The molecular weight excluding hydrogens is 152 g/mol. The Kier molecular flexibility index (Phi) is 2.30. The molecule has 1 aliphatic carbocycles. The van der Waals surface area contributed by atoms with Crippen LogP contribution < -0.4 is 10.6 Å². The van der Waals surface area contributed by atoms with E-state index in [0.717, 1.165) is 6.54 Å². The molecule has 1 unspecified atom stereocenters. The maximum atomic E-state index is 11.4. The van der Waals surface area contributed by atoms with Crippen molar-refractivity contribution >= 4 is 5.91 Å². The third kappa shape index (κ3) is 1.46. The Bertz CT molecular complexity index is 175. The van der Waals surface area contributed by atoms with Gasteiger partial charge in [-0.15, -0.1) is 0 Å². The van der Waals surface area contributed by atoms with Crippen molar-refractivity contribution in [3.05, 3.63) is 0 Å². The van der Waals surface area contributed by atoms with Gasteiger partial charge in [-0.2, -0.15) is 0 Å². The van der Waals surface area contributed by atoms with Crippen LogP contribution in [-0.2, 0) is 4.79 Å². The molecule has 1 N–H and O–H groups in total. The second-order valence-electron chi connectivity index (χ2n) is 3.70. The fourth-order valence-corrected chi connectivity index (χ4v) is 2.23. The van der Waals surface area contributed by atoms with Gasteiger partial charge in [-0.25, -0.2) is 5.32 Å². The van der Waals surface area contributed by atoms with Crippen molar-refractivity contribution in [1.82, 2.24) is 10.6 Å². The highest BCUT2D eigenvalue weighted by Crippen LogP contribution is 2.28. The molecule has 0 bridgehead atoms. The second-order valence-corrected chi connectivity index (χ2v) is 3.70. The predicted octanol–water partition coefficient (Wildman–Crippen LogP) is 0.279. The lowest BCUT2D eigenvalue weighted by Gasteiger charge is -2.26. The van der Waals surface area contributed by atoms with Crippen LogP contribution in [0.25, 0.3) is 0 Å².